The number of nitrogens with one attached hydrogen (secondary N) is 1. The Morgan fingerprint density at radius 2 is 2.18 bits per heavy atom. The Morgan fingerprint density at radius 1 is 1.35 bits per heavy atom. The SMILES string of the molecule is CC1CNCc2ccc(OC3CCC3)nc21.Cl. The highest BCUT2D eigenvalue weighted by atomic mass is 35.5. The minimum Gasteiger partial charge on any atom is -0.474 e. The fourth-order valence-electron chi connectivity index (χ4n) is 2.31. The van der Waals surface area contributed by atoms with Crippen molar-refractivity contribution in [2.45, 2.75) is 44.8 Å². The second-order valence-corrected chi connectivity index (χ2v) is 4.90. The normalized spacial score (nSPS) is 23.2. The van der Waals surface area contributed by atoms with Gasteiger partial charge in [-0.25, -0.2) is 4.98 Å². The quantitative estimate of drug-likeness (QED) is 0.881. The molecule has 1 aromatic rings. The summed E-state index contributed by atoms with van der Waals surface area (Å²) in [5.41, 5.74) is 2.54. The number of hydrogen-bond donors (Lipinski definition) is 1. The van der Waals surface area contributed by atoms with Crippen LogP contribution >= 0.6 is 12.4 Å². The fourth-order valence-corrected chi connectivity index (χ4v) is 2.31. The Kier molecular flexibility index (Phi) is 3.89. The predicted molar refractivity (Wildman–Crippen MR) is 69.9 cm³/mol. The van der Waals surface area contributed by atoms with Gasteiger partial charge >= 0.3 is 0 Å². The van der Waals surface area contributed by atoms with Crippen LogP contribution in [0.15, 0.2) is 12.1 Å². The van der Waals surface area contributed by atoms with Gasteiger partial charge in [-0.05, 0) is 24.8 Å². The summed E-state index contributed by atoms with van der Waals surface area (Å²) in [5.74, 6) is 1.31. The predicted octanol–water partition coefficient (Wildman–Crippen LogP) is 2.64. The third-order valence-corrected chi connectivity index (χ3v) is 3.56. The van der Waals surface area contributed by atoms with Crippen molar-refractivity contribution < 1.29 is 4.74 Å². The van der Waals surface area contributed by atoms with Gasteiger partial charge < -0.3 is 10.1 Å². The van der Waals surface area contributed by atoms with Gasteiger partial charge in [0.2, 0.25) is 5.88 Å². The van der Waals surface area contributed by atoms with Gasteiger partial charge in [0.05, 0.1) is 5.69 Å². The minimum absolute atomic E-state index is 0. The molecule has 1 aliphatic carbocycles. The lowest BCUT2D eigenvalue weighted by Gasteiger charge is -2.27. The molecule has 1 saturated carbocycles. The average molecular weight is 255 g/mol. The van der Waals surface area contributed by atoms with Gasteiger partial charge in [-0.15, -0.1) is 12.4 Å². The summed E-state index contributed by atoms with van der Waals surface area (Å²) in [5, 5.41) is 3.39. The van der Waals surface area contributed by atoms with Gasteiger partial charge in [0, 0.05) is 25.1 Å². The van der Waals surface area contributed by atoms with Crippen molar-refractivity contribution >= 4 is 12.4 Å². The second kappa shape index (κ2) is 5.23. The number of nitrogens with zero attached hydrogens (tertiary/aromatic N) is 1. The minimum atomic E-state index is 0. The molecule has 0 saturated heterocycles. The van der Waals surface area contributed by atoms with Crippen molar-refractivity contribution in [1.82, 2.24) is 10.3 Å². The fraction of sp³-hybridized carbons (Fsp3) is 0.615. The first kappa shape index (κ1) is 12.7. The maximum absolute atomic E-state index is 5.83. The summed E-state index contributed by atoms with van der Waals surface area (Å²) in [4.78, 5) is 4.65. The summed E-state index contributed by atoms with van der Waals surface area (Å²) in [6.07, 6.45) is 4.10. The largest absolute Gasteiger partial charge is 0.474 e. The van der Waals surface area contributed by atoms with E-state index in [1.807, 2.05) is 6.07 Å². The van der Waals surface area contributed by atoms with Crippen molar-refractivity contribution in [3.63, 3.8) is 0 Å². The van der Waals surface area contributed by atoms with Crippen LogP contribution in [-0.2, 0) is 6.54 Å². The molecule has 0 aromatic carbocycles. The zero-order chi connectivity index (χ0) is 11.0. The van der Waals surface area contributed by atoms with E-state index < -0.39 is 0 Å². The monoisotopic (exact) mass is 254 g/mol. The standard InChI is InChI=1S/C13H18N2O.ClH/c1-9-7-14-8-10-5-6-12(15-13(9)10)16-11-3-2-4-11;/h5-6,9,11,14H,2-4,7-8H2,1H3;1H. The molecule has 1 fully saturated rings. The maximum atomic E-state index is 5.83. The lowest BCUT2D eigenvalue weighted by atomic mass is 9.96. The first-order valence-corrected chi connectivity index (χ1v) is 6.20. The number of hydrogen-bond acceptors (Lipinski definition) is 3. The van der Waals surface area contributed by atoms with Crippen LogP contribution in [0.1, 0.15) is 43.4 Å². The zero-order valence-corrected chi connectivity index (χ0v) is 10.9. The van der Waals surface area contributed by atoms with E-state index in [4.69, 9.17) is 4.74 Å². The van der Waals surface area contributed by atoms with Gasteiger partial charge in [0.25, 0.3) is 0 Å². The Bertz CT molecular complexity index is 393. The second-order valence-electron chi connectivity index (χ2n) is 4.90. The molecular weight excluding hydrogens is 236 g/mol. The molecular formula is C13H19ClN2O. The van der Waals surface area contributed by atoms with E-state index in [0.717, 1.165) is 19.0 Å². The highest BCUT2D eigenvalue weighted by Crippen LogP contribution is 2.27. The van der Waals surface area contributed by atoms with Gasteiger partial charge in [-0.3, -0.25) is 0 Å². The van der Waals surface area contributed by atoms with Crippen LogP contribution in [0.25, 0.3) is 0 Å². The molecule has 1 aromatic heterocycles. The smallest absolute Gasteiger partial charge is 0.213 e. The van der Waals surface area contributed by atoms with Crippen LogP contribution in [-0.4, -0.2) is 17.6 Å². The highest BCUT2D eigenvalue weighted by molar-refractivity contribution is 5.85. The van der Waals surface area contributed by atoms with Crippen molar-refractivity contribution in [2.75, 3.05) is 6.54 Å². The summed E-state index contributed by atoms with van der Waals surface area (Å²) in [6.45, 7) is 4.17. The Labute approximate surface area is 108 Å². The molecule has 1 unspecified atom stereocenters. The van der Waals surface area contributed by atoms with Crippen molar-refractivity contribution in [3.05, 3.63) is 23.4 Å². The molecule has 0 amide bonds. The molecule has 0 spiro atoms. The molecule has 1 atom stereocenters. The highest BCUT2D eigenvalue weighted by Gasteiger charge is 2.22. The molecule has 0 bridgehead atoms. The molecule has 3 rings (SSSR count). The van der Waals surface area contributed by atoms with Crippen molar-refractivity contribution in [2.24, 2.45) is 0 Å². The molecule has 17 heavy (non-hydrogen) atoms. The topological polar surface area (TPSA) is 34.1 Å². The molecule has 94 valence electrons. The van der Waals surface area contributed by atoms with Crippen molar-refractivity contribution in [3.8, 4) is 5.88 Å². The van der Waals surface area contributed by atoms with E-state index in [2.05, 4.69) is 23.3 Å². The number of fused-ring (bicyclic) bond motifs is 1. The van der Waals surface area contributed by atoms with Crippen LogP contribution in [0, 0.1) is 0 Å². The summed E-state index contributed by atoms with van der Waals surface area (Å²) in [6, 6.07) is 4.16. The number of rotatable bonds is 2. The van der Waals surface area contributed by atoms with Crippen LogP contribution in [0.4, 0.5) is 0 Å². The number of halogens is 1. The van der Waals surface area contributed by atoms with Gasteiger partial charge in [-0.1, -0.05) is 13.0 Å². The Hall–Kier alpha value is -0.800. The van der Waals surface area contributed by atoms with E-state index in [1.54, 1.807) is 0 Å². The van der Waals surface area contributed by atoms with Gasteiger partial charge in [0.15, 0.2) is 0 Å². The maximum Gasteiger partial charge on any atom is 0.213 e. The van der Waals surface area contributed by atoms with E-state index in [9.17, 15) is 0 Å². The third kappa shape index (κ3) is 2.55. The molecule has 0 radical (unpaired) electrons. The number of ether oxygens (including phenoxy) is 1. The Balaban J connectivity index is 0.00000108. The number of aromatic nitrogens is 1. The van der Waals surface area contributed by atoms with Crippen LogP contribution in [0.2, 0.25) is 0 Å². The third-order valence-electron chi connectivity index (χ3n) is 3.56. The first-order valence-electron chi connectivity index (χ1n) is 6.20. The van der Waals surface area contributed by atoms with E-state index >= 15 is 0 Å². The van der Waals surface area contributed by atoms with Gasteiger partial charge in [-0.2, -0.15) is 0 Å². The molecule has 2 aliphatic rings. The van der Waals surface area contributed by atoms with Crippen LogP contribution in [0.3, 0.4) is 0 Å². The summed E-state index contributed by atoms with van der Waals surface area (Å²) in [7, 11) is 0. The summed E-state index contributed by atoms with van der Waals surface area (Å²) < 4.78 is 5.83. The lowest BCUT2D eigenvalue weighted by molar-refractivity contribution is 0.114. The van der Waals surface area contributed by atoms with Crippen LogP contribution in [0.5, 0.6) is 5.88 Å². The molecule has 3 nitrogen and oxygen atoms in total. The molecule has 4 heteroatoms. The molecule has 2 heterocycles. The zero-order valence-electron chi connectivity index (χ0n) is 10.1. The van der Waals surface area contributed by atoms with Crippen LogP contribution < -0.4 is 10.1 Å². The van der Waals surface area contributed by atoms with E-state index in [1.165, 1.54) is 30.5 Å². The Morgan fingerprint density at radius 3 is 2.88 bits per heavy atom. The van der Waals surface area contributed by atoms with Crippen molar-refractivity contribution in [1.29, 1.82) is 0 Å². The van der Waals surface area contributed by atoms with Gasteiger partial charge in [0.1, 0.15) is 6.10 Å². The van der Waals surface area contributed by atoms with E-state index in [-0.39, 0.29) is 12.4 Å². The number of pyridine rings is 1. The average Bonchev–Trinajstić information content (AvgIpc) is 2.24. The molecule has 1 aliphatic heterocycles. The lowest BCUT2D eigenvalue weighted by Crippen LogP contribution is -2.29. The first-order chi connectivity index (χ1) is 7.83. The summed E-state index contributed by atoms with van der Waals surface area (Å²) >= 11 is 0. The molecule has 1 N–H and O–H groups in total. The van der Waals surface area contributed by atoms with E-state index in [0.29, 0.717) is 12.0 Å².